The van der Waals surface area contributed by atoms with Gasteiger partial charge < -0.3 is 0 Å². The predicted molar refractivity (Wildman–Crippen MR) is 79.6 cm³/mol. The Morgan fingerprint density at radius 2 is 1.78 bits per heavy atom. The van der Waals surface area contributed by atoms with E-state index < -0.39 is 0 Å². The van der Waals surface area contributed by atoms with Crippen molar-refractivity contribution in [3.63, 3.8) is 0 Å². The molecule has 0 spiro atoms. The van der Waals surface area contributed by atoms with Crippen molar-refractivity contribution >= 4 is 16.3 Å². The maximum absolute atomic E-state index is 2.29. The highest BCUT2D eigenvalue weighted by atomic mass is 14.2. The Morgan fingerprint density at radius 3 is 2.56 bits per heavy atom. The molecule has 0 nitrogen and oxygen atoms in total. The molecular formula is C18H20. The molecule has 92 valence electrons. The summed E-state index contributed by atoms with van der Waals surface area (Å²) in [4.78, 5) is 0. The van der Waals surface area contributed by atoms with E-state index in [9.17, 15) is 0 Å². The smallest absolute Gasteiger partial charge is 0.0109 e. The largest absolute Gasteiger partial charge is 0.0660 e. The van der Waals surface area contributed by atoms with Crippen LogP contribution in [0.15, 0.2) is 48.0 Å². The molecule has 1 aliphatic carbocycles. The van der Waals surface area contributed by atoms with Crippen LogP contribution in [0.1, 0.15) is 44.6 Å². The van der Waals surface area contributed by atoms with Crippen LogP contribution in [-0.2, 0) is 0 Å². The first-order chi connectivity index (χ1) is 8.90. The summed E-state index contributed by atoms with van der Waals surface area (Å²) in [6.45, 7) is 2.27. The lowest BCUT2D eigenvalue weighted by atomic mass is 9.80. The number of hydrogen-bond acceptors (Lipinski definition) is 0. The molecule has 3 rings (SSSR count). The van der Waals surface area contributed by atoms with E-state index in [0.717, 1.165) is 0 Å². The third-order valence-electron chi connectivity index (χ3n) is 4.05. The van der Waals surface area contributed by atoms with Crippen molar-refractivity contribution < 1.29 is 0 Å². The van der Waals surface area contributed by atoms with Gasteiger partial charge in [-0.2, -0.15) is 0 Å². The van der Waals surface area contributed by atoms with Crippen LogP contribution < -0.4 is 0 Å². The first-order valence-corrected chi connectivity index (χ1v) is 7.09. The van der Waals surface area contributed by atoms with Crippen molar-refractivity contribution in [1.82, 2.24) is 0 Å². The molecule has 0 unspecified atom stereocenters. The first kappa shape index (κ1) is 11.5. The molecule has 18 heavy (non-hydrogen) atoms. The van der Waals surface area contributed by atoms with Crippen molar-refractivity contribution in [2.45, 2.75) is 39.0 Å². The highest BCUT2D eigenvalue weighted by molar-refractivity contribution is 5.95. The number of allylic oxidation sites excluding steroid dienone is 2. The number of hydrogen-bond donors (Lipinski definition) is 0. The summed E-state index contributed by atoms with van der Waals surface area (Å²) < 4.78 is 0. The Bertz CT molecular complexity index is 585. The fraction of sp³-hybridized carbons (Fsp3) is 0.333. The second-order valence-corrected chi connectivity index (χ2v) is 5.21. The van der Waals surface area contributed by atoms with E-state index in [1.807, 2.05) is 0 Å². The van der Waals surface area contributed by atoms with Gasteiger partial charge in [-0.1, -0.05) is 61.4 Å². The highest BCUT2D eigenvalue weighted by Gasteiger charge is 2.19. The first-order valence-electron chi connectivity index (χ1n) is 7.09. The summed E-state index contributed by atoms with van der Waals surface area (Å²) in [5, 5.41) is 2.79. The second-order valence-electron chi connectivity index (χ2n) is 5.21. The maximum Gasteiger partial charge on any atom is -0.0109 e. The Labute approximate surface area is 109 Å². The lowest BCUT2D eigenvalue weighted by molar-refractivity contribution is 0.727. The van der Waals surface area contributed by atoms with Gasteiger partial charge in [0.25, 0.3) is 0 Å². The van der Waals surface area contributed by atoms with E-state index in [1.165, 1.54) is 48.4 Å². The van der Waals surface area contributed by atoms with Gasteiger partial charge in [-0.25, -0.2) is 0 Å². The van der Waals surface area contributed by atoms with Gasteiger partial charge in [0, 0.05) is 0 Å². The zero-order chi connectivity index (χ0) is 12.4. The van der Waals surface area contributed by atoms with Gasteiger partial charge in [0.05, 0.1) is 0 Å². The van der Waals surface area contributed by atoms with Crippen molar-refractivity contribution in [1.29, 1.82) is 0 Å². The minimum atomic E-state index is 1.27. The predicted octanol–water partition coefficient (Wildman–Crippen LogP) is 5.58. The molecule has 0 saturated heterocycles. The summed E-state index contributed by atoms with van der Waals surface area (Å²) in [6, 6.07) is 15.4. The summed E-state index contributed by atoms with van der Waals surface area (Å²) >= 11 is 0. The third-order valence-corrected chi connectivity index (χ3v) is 4.05. The molecule has 2 aromatic rings. The van der Waals surface area contributed by atoms with Crippen LogP contribution in [0.5, 0.6) is 0 Å². The molecule has 0 heterocycles. The Morgan fingerprint density at radius 1 is 0.944 bits per heavy atom. The minimum absolute atomic E-state index is 1.27. The zero-order valence-corrected chi connectivity index (χ0v) is 11.1. The van der Waals surface area contributed by atoms with E-state index in [2.05, 4.69) is 49.4 Å². The fourth-order valence-electron chi connectivity index (χ4n) is 2.91. The topological polar surface area (TPSA) is 0 Å². The highest BCUT2D eigenvalue weighted by Crippen LogP contribution is 2.41. The number of fused-ring (bicyclic) bond motifs is 1. The van der Waals surface area contributed by atoms with E-state index >= 15 is 0 Å². The van der Waals surface area contributed by atoms with Crippen molar-refractivity contribution in [3.05, 3.63) is 53.6 Å². The third kappa shape index (κ3) is 1.96. The molecule has 0 radical (unpaired) electrons. The average Bonchev–Trinajstić information content (AvgIpc) is 2.38. The average molecular weight is 236 g/mol. The van der Waals surface area contributed by atoms with Gasteiger partial charge in [-0.3, -0.25) is 0 Å². The molecule has 2 aromatic carbocycles. The van der Waals surface area contributed by atoms with Crippen LogP contribution in [0, 0.1) is 0 Å². The summed E-state index contributed by atoms with van der Waals surface area (Å²) in [7, 11) is 0. The van der Waals surface area contributed by atoms with Crippen LogP contribution >= 0.6 is 0 Å². The van der Waals surface area contributed by atoms with E-state index in [0.29, 0.717) is 0 Å². The van der Waals surface area contributed by atoms with Gasteiger partial charge in [-0.15, -0.1) is 0 Å². The van der Waals surface area contributed by atoms with Crippen molar-refractivity contribution in [2.75, 3.05) is 0 Å². The molecule has 0 aromatic heterocycles. The molecular weight excluding hydrogens is 216 g/mol. The molecule has 0 heteroatoms. The molecule has 1 aliphatic rings. The van der Waals surface area contributed by atoms with Gasteiger partial charge in [0.2, 0.25) is 0 Å². The number of benzene rings is 2. The minimum Gasteiger partial charge on any atom is -0.0660 e. The zero-order valence-electron chi connectivity index (χ0n) is 11.1. The van der Waals surface area contributed by atoms with E-state index in [4.69, 9.17) is 0 Å². The maximum atomic E-state index is 2.29. The lowest BCUT2D eigenvalue weighted by Gasteiger charge is -2.25. The molecule has 0 amide bonds. The molecule has 0 aliphatic heterocycles. The van der Waals surface area contributed by atoms with E-state index in [1.54, 1.807) is 11.1 Å². The van der Waals surface area contributed by atoms with Crippen molar-refractivity contribution in [3.8, 4) is 0 Å². The standard InChI is InChI=1S/C18H20/c1-2-3-7-15-12-13-17(15)18-11-6-9-14-8-4-5-10-16(14)18/h4-6,8-11H,2-3,7,12-13H2,1H3. The normalized spacial score (nSPS) is 14.9. The van der Waals surface area contributed by atoms with Crippen LogP contribution in [0.3, 0.4) is 0 Å². The van der Waals surface area contributed by atoms with Gasteiger partial charge in [-0.05, 0) is 47.6 Å². The summed E-state index contributed by atoms with van der Waals surface area (Å²) in [6.07, 6.45) is 6.52. The van der Waals surface area contributed by atoms with Crippen LogP contribution in [0.25, 0.3) is 16.3 Å². The Balaban J connectivity index is 2.04. The van der Waals surface area contributed by atoms with E-state index in [-0.39, 0.29) is 0 Å². The molecule has 0 bridgehead atoms. The number of rotatable bonds is 4. The van der Waals surface area contributed by atoms with Crippen molar-refractivity contribution in [2.24, 2.45) is 0 Å². The quantitative estimate of drug-likeness (QED) is 0.650. The van der Waals surface area contributed by atoms with Gasteiger partial charge in [0.15, 0.2) is 0 Å². The second kappa shape index (κ2) is 4.97. The molecule has 0 atom stereocenters. The summed E-state index contributed by atoms with van der Waals surface area (Å²) in [5.41, 5.74) is 4.80. The lowest BCUT2D eigenvalue weighted by Crippen LogP contribution is -2.04. The molecule has 0 saturated carbocycles. The number of unbranched alkanes of at least 4 members (excludes halogenated alkanes) is 1. The monoisotopic (exact) mass is 236 g/mol. The van der Waals surface area contributed by atoms with Crippen LogP contribution in [0.4, 0.5) is 0 Å². The SMILES string of the molecule is CCCCC1=C(c2cccc3ccccc23)CC1. The fourth-order valence-corrected chi connectivity index (χ4v) is 2.91. The molecule has 0 fully saturated rings. The van der Waals surface area contributed by atoms with Crippen LogP contribution in [0.2, 0.25) is 0 Å². The van der Waals surface area contributed by atoms with Crippen LogP contribution in [-0.4, -0.2) is 0 Å². The molecule has 0 N–H and O–H groups in total. The van der Waals surface area contributed by atoms with Gasteiger partial charge in [0.1, 0.15) is 0 Å². The Hall–Kier alpha value is -1.56. The Kier molecular flexibility index (Phi) is 3.19. The van der Waals surface area contributed by atoms with Gasteiger partial charge >= 0.3 is 0 Å². The summed E-state index contributed by atoms with van der Waals surface area (Å²) in [5.74, 6) is 0.